The summed E-state index contributed by atoms with van der Waals surface area (Å²) in [5, 5.41) is 4.26. The molecule has 5 heteroatoms. The van der Waals surface area contributed by atoms with E-state index < -0.39 is 6.04 Å². The Morgan fingerprint density at radius 1 is 1.06 bits per heavy atom. The number of likely N-dealkylation sites (tertiary alicyclic amines) is 1. The van der Waals surface area contributed by atoms with E-state index in [1.54, 1.807) is 6.07 Å². The number of nitrogens with zero attached hydrogens (tertiary/aromatic N) is 1. The summed E-state index contributed by atoms with van der Waals surface area (Å²) in [5.41, 5.74) is 4.13. The third kappa shape index (κ3) is 4.50. The molecule has 1 fully saturated rings. The zero-order valence-electron chi connectivity index (χ0n) is 18.5. The second kappa shape index (κ2) is 8.96. The molecule has 0 bridgehead atoms. The molecule has 0 aliphatic carbocycles. The van der Waals surface area contributed by atoms with E-state index in [9.17, 15) is 9.59 Å². The summed E-state index contributed by atoms with van der Waals surface area (Å²) in [6, 6.07) is 15.3. The van der Waals surface area contributed by atoms with Crippen LogP contribution in [0.1, 0.15) is 54.1 Å². The normalized spacial score (nSPS) is 15.9. The second-order valence-electron chi connectivity index (χ2n) is 8.95. The summed E-state index contributed by atoms with van der Waals surface area (Å²) in [5.74, 6) is 0.296. The van der Waals surface area contributed by atoms with Gasteiger partial charge in [0.1, 0.15) is 6.04 Å². The summed E-state index contributed by atoms with van der Waals surface area (Å²) >= 11 is 0. The van der Waals surface area contributed by atoms with Gasteiger partial charge in [-0.3, -0.25) is 9.59 Å². The molecule has 1 unspecified atom stereocenters. The first-order valence-electron chi connectivity index (χ1n) is 11.2. The number of fused-ring (bicyclic) bond motifs is 1. The van der Waals surface area contributed by atoms with Crippen LogP contribution in [-0.2, 0) is 4.79 Å². The van der Waals surface area contributed by atoms with Crippen LogP contribution in [0.3, 0.4) is 0 Å². The van der Waals surface area contributed by atoms with Gasteiger partial charge in [0.2, 0.25) is 5.91 Å². The van der Waals surface area contributed by atoms with E-state index in [2.05, 4.69) is 34.7 Å². The Hall–Kier alpha value is -3.08. The maximum absolute atomic E-state index is 13.3. The fraction of sp³-hybridized carbons (Fsp3) is 0.385. The number of carbonyl (C=O) groups is 2. The maximum atomic E-state index is 13.3. The van der Waals surface area contributed by atoms with E-state index in [1.165, 1.54) is 10.9 Å². The Morgan fingerprint density at radius 2 is 1.81 bits per heavy atom. The monoisotopic (exact) mass is 417 g/mol. The van der Waals surface area contributed by atoms with E-state index in [0.29, 0.717) is 24.6 Å². The van der Waals surface area contributed by atoms with Crippen LogP contribution in [0.15, 0.2) is 54.7 Å². The summed E-state index contributed by atoms with van der Waals surface area (Å²) in [6.45, 7) is 7.36. The molecule has 2 aromatic carbocycles. The zero-order valence-corrected chi connectivity index (χ0v) is 18.5. The first-order valence-corrected chi connectivity index (χ1v) is 11.2. The number of benzene rings is 2. The number of amides is 2. The molecular weight excluding hydrogens is 386 g/mol. The van der Waals surface area contributed by atoms with Crippen LogP contribution in [0.4, 0.5) is 0 Å². The zero-order chi connectivity index (χ0) is 22.0. The van der Waals surface area contributed by atoms with Crippen molar-refractivity contribution in [1.82, 2.24) is 15.2 Å². The number of para-hydroxylation sites is 1. The Balaban J connectivity index is 1.41. The second-order valence-corrected chi connectivity index (χ2v) is 8.95. The number of aromatic amines is 1. The number of hydrogen-bond donors (Lipinski definition) is 2. The van der Waals surface area contributed by atoms with Crippen molar-refractivity contribution < 1.29 is 9.59 Å². The van der Waals surface area contributed by atoms with Crippen molar-refractivity contribution in [2.45, 2.75) is 45.6 Å². The third-order valence-electron chi connectivity index (χ3n) is 6.37. The highest BCUT2D eigenvalue weighted by Gasteiger charge is 2.32. The molecule has 162 valence electrons. The Morgan fingerprint density at radius 3 is 2.52 bits per heavy atom. The van der Waals surface area contributed by atoms with E-state index in [-0.39, 0.29) is 17.7 Å². The molecular formula is C26H31N3O2. The highest BCUT2D eigenvalue weighted by atomic mass is 16.2. The first-order chi connectivity index (χ1) is 14.9. The number of piperidine rings is 1. The lowest BCUT2D eigenvalue weighted by atomic mass is 9.88. The Labute approximate surface area is 183 Å². The van der Waals surface area contributed by atoms with Gasteiger partial charge in [-0.05, 0) is 55.4 Å². The van der Waals surface area contributed by atoms with Crippen molar-refractivity contribution in [1.29, 1.82) is 0 Å². The Bertz CT molecular complexity index is 1080. The van der Waals surface area contributed by atoms with Gasteiger partial charge in [0.25, 0.3) is 5.91 Å². The van der Waals surface area contributed by atoms with Gasteiger partial charge in [0.15, 0.2) is 0 Å². The highest BCUT2D eigenvalue weighted by molar-refractivity contribution is 5.97. The van der Waals surface area contributed by atoms with Crippen LogP contribution >= 0.6 is 0 Å². The van der Waals surface area contributed by atoms with Crippen molar-refractivity contribution in [3.8, 4) is 0 Å². The van der Waals surface area contributed by atoms with Gasteiger partial charge in [-0.25, -0.2) is 0 Å². The van der Waals surface area contributed by atoms with Gasteiger partial charge in [0, 0.05) is 35.8 Å². The minimum absolute atomic E-state index is 0.0209. The van der Waals surface area contributed by atoms with Crippen LogP contribution in [-0.4, -0.2) is 40.8 Å². The summed E-state index contributed by atoms with van der Waals surface area (Å²) in [6.07, 6.45) is 3.99. The SMILES string of the molecule is Cc1cccc(C(=O)NC(C(=O)N2CCC(c3c[nH]c4ccccc34)CC2)C(C)C)c1. The molecule has 2 amide bonds. The van der Waals surface area contributed by atoms with Gasteiger partial charge in [-0.1, -0.05) is 49.7 Å². The minimum Gasteiger partial charge on any atom is -0.361 e. The van der Waals surface area contributed by atoms with E-state index >= 15 is 0 Å². The fourth-order valence-corrected chi connectivity index (χ4v) is 4.56. The van der Waals surface area contributed by atoms with Crippen LogP contribution in [0.2, 0.25) is 0 Å². The largest absolute Gasteiger partial charge is 0.361 e. The first kappa shape index (κ1) is 21.2. The number of aromatic nitrogens is 1. The molecule has 1 aliphatic rings. The van der Waals surface area contributed by atoms with Gasteiger partial charge >= 0.3 is 0 Å². The quantitative estimate of drug-likeness (QED) is 0.635. The average Bonchev–Trinajstić information content (AvgIpc) is 3.21. The Kier molecular flexibility index (Phi) is 6.12. The lowest BCUT2D eigenvalue weighted by Crippen LogP contribution is -2.52. The molecule has 0 saturated carbocycles. The van der Waals surface area contributed by atoms with Crippen LogP contribution in [0.25, 0.3) is 10.9 Å². The molecule has 31 heavy (non-hydrogen) atoms. The minimum atomic E-state index is -0.516. The average molecular weight is 418 g/mol. The van der Waals surface area contributed by atoms with Crippen molar-refractivity contribution in [2.24, 2.45) is 5.92 Å². The molecule has 2 N–H and O–H groups in total. The smallest absolute Gasteiger partial charge is 0.251 e. The lowest BCUT2D eigenvalue weighted by Gasteiger charge is -2.35. The highest BCUT2D eigenvalue weighted by Crippen LogP contribution is 2.33. The molecule has 2 heterocycles. The van der Waals surface area contributed by atoms with E-state index in [4.69, 9.17) is 0 Å². The van der Waals surface area contributed by atoms with E-state index in [1.807, 2.05) is 49.9 Å². The number of nitrogens with one attached hydrogen (secondary N) is 2. The molecule has 5 nitrogen and oxygen atoms in total. The van der Waals surface area contributed by atoms with Crippen LogP contribution in [0, 0.1) is 12.8 Å². The van der Waals surface area contributed by atoms with Gasteiger partial charge in [0.05, 0.1) is 0 Å². The van der Waals surface area contributed by atoms with Gasteiger partial charge < -0.3 is 15.2 Å². The molecule has 0 radical (unpaired) electrons. The molecule has 0 spiro atoms. The van der Waals surface area contributed by atoms with Crippen LogP contribution in [0.5, 0.6) is 0 Å². The molecule has 1 aromatic heterocycles. The summed E-state index contributed by atoms with van der Waals surface area (Å²) in [4.78, 5) is 31.3. The molecule has 1 saturated heterocycles. The summed E-state index contributed by atoms with van der Waals surface area (Å²) in [7, 11) is 0. The number of hydrogen-bond acceptors (Lipinski definition) is 2. The van der Waals surface area contributed by atoms with Crippen LogP contribution < -0.4 is 5.32 Å². The molecule has 1 atom stereocenters. The molecule has 4 rings (SSSR count). The maximum Gasteiger partial charge on any atom is 0.251 e. The number of H-pyrrole nitrogens is 1. The number of rotatable bonds is 5. The molecule has 1 aliphatic heterocycles. The standard InChI is InChI=1S/C26H31N3O2/c1-17(2)24(28-25(30)20-8-6-7-18(3)15-20)26(31)29-13-11-19(12-14-29)22-16-27-23-10-5-4-9-21(22)23/h4-10,15-17,19,24,27H,11-14H2,1-3H3,(H,28,30). The van der Waals surface area contributed by atoms with Gasteiger partial charge in [-0.15, -0.1) is 0 Å². The summed E-state index contributed by atoms with van der Waals surface area (Å²) < 4.78 is 0. The van der Waals surface area contributed by atoms with Crippen molar-refractivity contribution >= 4 is 22.7 Å². The predicted molar refractivity (Wildman–Crippen MR) is 124 cm³/mol. The molecule has 3 aromatic rings. The van der Waals surface area contributed by atoms with Crippen molar-refractivity contribution in [3.05, 3.63) is 71.4 Å². The fourth-order valence-electron chi connectivity index (χ4n) is 4.56. The lowest BCUT2D eigenvalue weighted by molar-refractivity contribution is -0.135. The topological polar surface area (TPSA) is 65.2 Å². The van der Waals surface area contributed by atoms with Crippen molar-refractivity contribution in [2.75, 3.05) is 13.1 Å². The number of aryl methyl sites for hydroxylation is 1. The number of carbonyl (C=O) groups excluding carboxylic acids is 2. The third-order valence-corrected chi connectivity index (χ3v) is 6.37. The predicted octanol–water partition coefficient (Wildman–Crippen LogP) is 4.64. The van der Waals surface area contributed by atoms with Gasteiger partial charge in [-0.2, -0.15) is 0 Å². The van der Waals surface area contributed by atoms with E-state index in [0.717, 1.165) is 23.9 Å². The van der Waals surface area contributed by atoms with Crippen molar-refractivity contribution in [3.63, 3.8) is 0 Å².